The van der Waals surface area contributed by atoms with Crippen molar-refractivity contribution in [1.82, 2.24) is 4.90 Å². The Labute approximate surface area is 233 Å². The maximum absolute atomic E-state index is 13.8. The summed E-state index contributed by atoms with van der Waals surface area (Å²) in [6.45, 7) is 3.79. The first-order chi connectivity index (χ1) is 19.2. The molecular weight excluding hydrogens is 502 g/mol. The van der Waals surface area contributed by atoms with Gasteiger partial charge < -0.3 is 9.47 Å². The number of thiophene rings is 1. The van der Waals surface area contributed by atoms with Gasteiger partial charge in [-0.25, -0.2) is 0 Å². The number of carbonyl (C=O) groups excluding carboxylic acids is 1. The average Bonchev–Trinajstić information content (AvgIpc) is 3.38. The number of benzene rings is 4. The lowest BCUT2D eigenvalue weighted by Gasteiger charge is -2.28. The van der Waals surface area contributed by atoms with E-state index in [9.17, 15) is 4.79 Å². The molecule has 1 aliphatic heterocycles. The molecule has 0 radical (unpaired) electrons. The number of ketones is 1. The van der Waals surface area contributed by atoms with E-state index in [2.05, 4.69) is 41.3 Å². The van der Waals surface area contributed by atoms with Crippen molar-refractivity contribution in [3.8, 4) is 21.9 Å². The van der Waals surface area contributed by atoms with Crippen molar-refractivity contribution in [2.24, 2.45) is 0 Å². The fourth-order valence-corrected chi connectivity index (χ4v) is 6.53. The number of rotatable bonds is 9. The predicted molar refractivity (Wildman–Crippen MR) is 159 cm³/mol. The standard InChI is InChI=1S/C34H31NO3S/c1-37-29-16-17-30-31(22-29)39-34(26-9-3-2-4-10-26)32(30)33(36)25-12-14-28(15-13-25)38-21-7-19-35-20-18-24-8-5-6-11-27(24)23-35/h2-6,8-17,22H,7,18-21,23H2,1H3. The molecule has 2 heterocycles. The van der Waals surface area contributed by atoms with Gasteiger partial charge in [0.25, 0.3) is 0 Å². The smallest absolute Gasteiger partial charge is 0.195 e. The lowest BCUT2D eigenvalue weighted by Crippen LogP contribution is -2.31. The summed E-state index contributed by atoms with van der Waals surface area (Å²) in [5.74, 6) is 1.59. The molecule has 5 aromatic rings. The summed E-state index contributed by atoms with van der Waals surface area (Å²) in [4.78, 5) is 17.3. The normalized spacial score (nSPS) is 13.3. The van der Waals surface area contributed by atoms with Crippen LogP contribution in [0.5, 0.6) is 11.5 Å². The monoisotopic (exact) mass is 533 g/mol. The zero-order valence-electron chi connectivity index (χ0n) is 22.1. The van der Waals surface area contributed by atoms with Crippen LogP contribution in [0.25, 0.3) is 20.5 Å². The molecule has 1 aromatic heterocycles. The first kappa shape index (κ1) is 25.4. The maximum Gasteiger partial charge on any atom is 0.195 e. The van der Waals surface area contributed by atoms with E-state index in [0.717, 1.165) is 70.1 Å². The Kier molecular flexibility index (Phi) is 7.44. The quantitative estimate of drug-likeness (QED) is 0.144. The fourth-order valence-electron chi connectivity index (χ4n) is 5.29. The van der Waals surface area contributed by atoms with Crippen LogP contribution in [-0.4, -0.2) is 37.5 Å². The molecule has 0 spiro atoms. The van der Waals surface area contributed by atoms with Gasteiger partial charge >= 0.3 is 0 Å². The molecule has 0 aliphatic carbocycles. The van der Waals surface area contributed by atoms with Crippen LogP contribution < -0.4 is 9.47 Å². The Morgan fingerprint density at radius 3 is 2.41 bits per heavy atom. The van der Waals surface area contributed by atoms with Gasteiger partial charge in [-0.2, -0.15) is 0 Å². The highest BCUT2D eigenvalue weighted by molar-refractivity contribution is 7.22. The Bertz CT molecular complexity index is 1590. The van der Waals surface area contributed by atoms with Crippen LogP contribution in [0.3, 0.4) is 0 Å². The second-order valence-corrected chi connectivity index (χ2v) is 10.9. The van der Waals surface area contributed by atoms with E-state index in [4.69, 9.17) is 9.47 Å². The topological polar surface area (TPSA) is 38.8 Å². The third-order valence-electron chi connectivity index (χ3n) is 7.37. The minimum absolute atomic E-state index is 0.0159. The van der Waals surface area contributed by atoms with Gasteiger partial charge in [-0.15, -0.1) is 11.3 Å². The minimum Gasteiger partial charge on any atom is -0.497 e. The summed E-state index contributed by atoms with van der Waals surface area (Å²) in [5, 5.41) is 0.949. The highest BCUT2D eigenvalue weighted by Crippen LogP contribution is 2.41. The van der Waals surface area contributed by atoms with Crippen LogP contribution in [0.1, 0.15) is 33.5 Å². The van der Waals surface area contributed by atoms with Gasteiger partial charge in [0.05, 0.1) is 13.7 Å². The number of hydrogen-bond donors (Lipinski definition) is 0. The van der Waals surface area contributed by atoms with Gasteiger partial charge in [0, 0.05) is 45.7 Å². The number of hydrogen-bond acceptors (Lipinski definition) is 5. The molecule has 0 fully saturated rings. The summed E-state index contributed by atoms with van der Waals surface area (Å²) in [6, 6.07) is 32.3. The van der Waals surface area contributed by atoms with Crippen LogP contribution >= 0.6 is 11.3 Å². The molecule has 0 N–H and O–H groups in total. The van der Waals surface area contributed by atoms with Crippen molar-refractivity contribution < 1.29 is 14.3 Å². The molecule has 1 aliphatic rings. The summed E-state index contributed by atoms with van der Waals surface area (Å²) < 4.78 is 12.5. The third kappa shape index (κ3) is 5.47. The molecule has 196 valence electrons. The van der Waals surface area contributed by atoms with Gasteiger partial charge in [-0.05, 0) is 72.0 Å². The van der Waals surface area contributed by atoms with E-state index >= 15 is 0 Å². The number of methoxy groups -OCH3 is 1. The van der Waals surface area contributed by atoms with Gasteiger partial charge in [-0.3, -0.25) is 9.69 Å². The Hall–Kier alpha value is -3.93. The summed E-state index contributed by atoms with van der Waals surface area (Å²) in [7, 11) is 1.66. The molecule has 0 saturated carbocycles. The van der Waals surface area contributed by atoms with Gasteiger partial charge in [0.1, 0.15) is 11.5 Å². The zero-order valence-corrected chi connectivity index (χ0v) is 22.9. The molecule has 0 atom stereocenters. The highest BCUT2D eigenvalue weighted by atomic mass is 32.1. The predicted octanol–water partition coefficient (Wildman–Crippen LogP) is 7.64. The summed E-state index contributed by atoms with van der Waals surface area (Å²) >= 11 is 1.62. The Morgan fingerprint density at radius 1 is 0.872 bits per heavy atom. The van der Waals surface area contributed by atoms with Crippen molar-refractivity contribution in [3.05, 3.63) is 119 Å². The van der Waals surface area contributed by atoms with Gasteiger partial charge in [0.15, 0.2) is 5.78 Å². The van der Waals surface area contributed by atoms with E-state index in [1.807, 2.05) is 60.7 Å². The minimum atomic E-state index is 0.0159. The highest BCUT2D eigenvalue weighted by Gasteiger charge is 2.22. The van der Waals surface area contributed by atoms with Crippen molar-refractivity contribution in [3.63, 3.8) is 0 Å². The van der Waals surface area contributed by atoms with E-state index in [1.165, 1.54) is 11.1 Å². The fraction of sp³-hybridized carbons (Fsp3) is 0.206. The Morgan fingerprint density at radius 2 is 1.62 bits per heavy atom. The van der Waals surface area contributed by atoms with Crippen molar-refractivity contribution in [2.75, 3.05) is 26.8 Å². The average molecular weight is 534 g/mol. The van der Waals surface area contributed by atoms with E-state index in [-0.39, 0.29) is 5.78 Å². The molecule has 0 unspecified atom stereocenters. The van der Waals surface area contributed by atoms with E-state index < -0.39 is 0 Å². The van der Waals surface area contributed by atoms with Crippen LogP contribution in [0.2, 0.25) is 0 Å². The zero-order chi connectivity index (χ0) is 26.6. The molecule has 39 heavy (non-hydrogen) atoms. The van der Waals surface area contributed by atoms with Crippen LogP contribution in [0.4, 0.5) is 0 Å². The third-order valence-corrected chi connectivity index (χ3v) is 8.58. The molecule has 0 saturated heterocycles. The van der Waals surface area contributed by atoms with Crippen LogP contribution in [0, 0.1) is 0 Å². The molecule has 4 nitrogen and oxygen atoms in total. The second kappa shape index (κ2) is 11.4. The number of nitrogens with zero attached hydrogens (tertiary/aromatic N) is 1. The van der Waals surface area contributed by atoms with Crippen molar-refractivity contribution in [2.45, 2.75) is 19.4 Å². The first-order valence-electron chi connectivity index (χ1n) is 13.4. The van der Waals surface area contributed by atoms with Gasteiger partial charge in [-0.1, -0.05) is 54.6 Å². The molecule has 5 heteroatoms. The first-order valence-corrected chi connectivity index (χ1v) is 14.2. The van der Waals surface area contributed by atoms with Crippen LogP contribution in [-0.2, 0) is 13.0 Å². The van der Waals surface area contributed by atoms with E-state index in [0.29, 0.717) is 12.2 Å². The maximum atomic E-state index is 13.8. The summed E-state index contributed by atoms with van der Waals surface area (Å²) in [5.41, 5.74) is 5.35. The summed E-state index contributed by atoms with van der Waals surface area (Å²) in [6.07, 6.45) is 2.08. The molecule has 0 bridgehead atoms. The SMILES string of the molecule is COc1ccc2c(C(=O)c3ccc(OCCCN4CCc5ccccc5C4)cc3)c(-c3ccccc3)sc2c1. The molecule has 6 rings (SSSR count). The number of carbonyl (C=O) groups is 1. The van der Waals surface area contributed by atoms with Crippen molar-refractivity contribution in [1.29, 1.82) is 0 Å². The van der Waals surface area contributed by atoms with Crippen LogP contribution in [0.15, 0.2) is 97.1 Å². The number of ether oxygens (including phenoxy) is 2. The van der Waals surface area contributed by atoms with Crippen molar-refractivity contribution >= 4 is 27.2 Å². The molecule has 4 aromatic carbocycles. The van der Waals surface area contributed by atoms with E-state index in [1.54, 1.807) is 18.4 Å². The number of fused-ring (bicyclic) bond motifs is 2. The lowest BCUT2D eigenvalue weighted by atomic mass is 9.97. The molecular formula is C34H31NO3S. The van der Waals surface area contributed by atoms with Gasteiger partial charge in [0.2, 0.25) is 0 Å². The lowest BCUT2D eigenvalue weighted by molar-refractivity contribution is 0.104. The Balaban J connectivity index is 1.13. The largest absolute Gasteiger partial charge is 0.497 e. The second-order valence-electron chi connectivity index (χ2n) is 9.88. The molecule has 0 amide bonds.